The SMILES string of the molecule is CCC(OC(CC)(CC)CN)C(=O)O. The Hall–Kier alpha value is -0.610. The summed E-state index contributed by atoms with van der Waals surface area (Å²) in [5, 5.41) is 8.86. The van der Waals surface area contributed by atoms with E-state index in [0.717, 1.165) is 12.8 Å². The summed E-state index contributed by atoms with van der Waals surface area (Å²) >= 11 is 0. The smallest absolute Gasteiger partial charge is 0.332 e. The van der Waals surface area contributed by atoms with Gasteiger partial charge in [-0.15, -0.1) is 0 Å². The van der Waals surface area contributed by atoms with Gasteiger partial charge in [0.15, 0.2) is 6.10 Å². The first-order valence-corrected chi connectivity index (χ1v) is 5.15. The number of hydrogen-bond donors (Lipinski definition) is 2. The second-order valence-electron chi connectivity index (χ2n) is 3.45. The number of carboxylic acid groups (broad SMARTS) is 1. The highest BCUT2D eigenvalue weighted by atomic mass is 16.5. The summed E-state index contributed by atoms with van der Waals surface area (Å²) in [6.45, 7) is 6.09. The number of nitrogens with two attached hydrogens (primary N) is 1. The van der Waals surface area contributed by atoms with Crippen molar-refractivity contribution in [3.8, 4) is 0 Å². The summed E-state index contributed by atoms with van der Waals surface area (Å²) in [7, 11) is 0. The van der Waals surface area contributed by atoms with Crippen LogP contribution in [0.4, 0.5) is 0 Å². The summed E-state index contributed by atoms with van der Waals surface area (Å²) in [5.41, 5.74) is 5.14. The molecule has 0 aromatic rings. The first-order chi connectivity index (χ1) is 6.55. The number of carboxylic acids is 1. The van der Waals surface area contributed by atoms with Crippen LogP contribution >= 0.6 is 0 Å². The Labute approximate surface area is 85.4 Å². The Morgan fingerprint density at radius 2 is 1.93 bits per heavy atom. The Morgan fingerprint density at radius 3 is 2.14 bits per heavy atom. The molecule has 1 atom stereocenters. The van der Waals surface area contributed by atoms with Gasteiger partial charge < -0.3 is 15.6 Å². The highest BCUT2D eigenvalue weighted by Gasteiger charge is 2.31. The maximum atomic E-state index is 10.8. The molecule has 0 saturated carbocycles. The summed E-state index contributed by atoms with van der Waals surface area (Å²) in [5.74, 6) is -0.910. The van der Waals surface area contributed by atoms with Gasteiger partial charge in [-0.25, -0.2) is 4.79 Å². The third-order valence-corrected chi connectivity index (χ3v) is 2.70. The number of ether oxygens (including phenoxy) is 1. The molecule has 0 rings (SSSR count). The topological polar surface area (TPSA) is 72.5 Å². The largest absolute Gasteiger partial charge is 0.479 e. The molecular formula is C10H21NO3. The van der Waals surface area contributed by atoms with Crippen LogP contribution in [0, 0.1) is 0 Å². The van der Waals surface area contributed by atoms with Crippen molar-refractivity contribution in [2.24, 2.45) is 5.73 Å². The van der Waals surface area contributed by atoms with Gasteiger partial charge in [0.25, 0.3) is 0 Å². The second kappa shape index (κ2) is 5.98. The van der Waals surface area contributed by atoms with E-state index < -0.39 is 17.7 Å². The zero-order valence-electron chi connectivity index (χ0n) is 9.25. The van der Waals surface area contributed by atoms with Gasteiger partial charge in [0.2, 0.25) is 0 Å². The van der Waals surface area contributed by atoms with E-state index >= 15 is 0 Å². The lowest BCUT2D eigenvalue weighted by atomic mass is 9.97. The third kappa shape index (κ3) is 3.27. The van der Waals surface area contributed by atoms with E-state index in [2.05, 4.69) is 0 Å². The van der Waals surface area contributed by atoms with Crippen molar-refractivity contribution in [3.05, 3.63) is 0 Å². The monoisotopic (exact) mass is 203 g/mol. The molecule has 84 valence electrons. The Morgan fingerprint density at radius 1 is 1.43 bits per heavy atom. The molecule has 0 saturated heterocycles. The van der Waals surface area contributed by atoms with Gasteiger partial charge in [-0.1, -0.05) is 20.8 Å². The Balaban J connectivity index is 4.47. The van der Waals surface area contributed by atoms with Gasteiger partial charge in [-0.2, -0.15) is 0 Å². The first-order valence-electron chi connectivity index (χ1n) is 5.15. The number of rotatable bonds is 7. The average Bonchev–Trinajstić information content (AvgIpc) is 2.20. The maximum Gasteiger partial charge on any atom is 0.332 e. The molecule has 0 spiro atoms. The molecule has 0 aliphatic heterocycles. The fourth-order valence-corrected chi connectivity index (χ4v) is 1.36. The van der Waals surface area contributed by atoms with E-state index in [4.69, 9.17) is 15.6 Å². The lowest BCUT2D eigenvalue weighted by Crippen LogP contribution is -2.44. The van der Waals surface area contributed by atoms with E-state index in [9.17, 15) is 4.79 Å². The molecule has 1 unspecified atom stereocenters. The van der Waals surface area contributed by atoms with Crippen LogP contribution in [0.5, 0.6) is 0 Å². The lowest BCUT2D eigenvalue weighted by molar-refractivity contribution is -0.165. The molecule has 0 heterocycles. The van der Waals surface area contributed by atoms with Crippen molar-refractivity contribution >= 4 is 5.97 Å². The molecular weight excluding hydrogens is 182 g/mol. The fraction of sp³-hybridized carbons (Fsp3) is 0.900. The molecule has 0 aromatic carbocycles. The molecule has 0 aliphatic carbocycles. The van der Waals surface area contributed by atoms with Gasteiger partial charge in [0.1, 0.15) is 0 Å². The van der Waals surface area contributed by atoms with Crippen molar-refractivity contribution in [2.75, 3.05) is 6.54 Å². The summed E-state index contributed by atoms with van der Waals surface area (Å²) in [4.78, 5) is 10.8. The number of hydrogen-bond acceptors (Lipinski definition) is 3. The second-order valence-corrected chi connectivity index (χ2v) is 3.45. The van der Waals surface area contributed by atoms with Crippen LogP contribution in [0.25, 0.3) is 0 Å². The van der Waals surface area contributed by atoms with Crippen LogP contribution < -0.4 is 5.73 Å². The van der Waals surface area contributed by atoms with Crippen LogP contribution in [-0.2, 0) is 9.53 Å². The van der Waals surface area contributed by atoms with Crippen molar-refractivity contribution in [2.45, 2.75) is 51.7 Å². The first kappa shape index (κ1) is 13.4. The third-order valence-electron chi connectivity index (χ3n) is 2.70. The van der Waals surface area contributed by atoms with Gasteiger partial charge in [0.05, 0.1) is 5.60 Å². The fourth-order valence-electron chi connectivity index (χ4n) is 1.36. The van der Waals surface area contributed by atoms with Crippen molar-refractivity contribution in [1.82, 2.24) is 0 Å². The van der Waals surface area contributed by atoms with Gasteiger partial charge >= 0.3 is 5.97 Å². The highest BCUT2D eigenvalue weighted by Crippen LogP contribution is 2.22. The van der Waals surface area contributed by atoms with Crippen molar-refractivity contribution < 1.29 is 14.6 Å². The molecule has 0 amide bonds. The van der Waals surface area contributed by atoms with Gasteiger partial charge in [0, 0.05) is 6.54 Å². The lowest BCUT2D eigenvalue weighted by Gasteiger charge is -2.33. The van der Waals surface area contributed by atoms with E-state index in [1.807, 2.05) is 13.8 Å². The molecule has 4 nitrogen and oxygen atoms in total. The molecule has 3 N–H and O–H groups in total. The van der Waals surface area contributed by atoms with Crippen LogP contribution in [0.1, 0.15) is 40.0 Å². The Kier molecular flexibility index (Phi) is 5.72. The predicted octanol–water partition coefficient (Wildman–Crippen LogP) is 1.38. The summed E-state index contributed by atoms with van der Waals surface area (Å²) in [6.07, 6.45) is 1.21. The highest BCUT2D eigenvalue weighted by molar-refractivity contribution is 5.72. The van der Waals surface area contributed by atoms with Gasteiger partial charge in [-0.05, 0) is 19.3 Å². The van der Waals surface area contributed by atoms with E-state index in [0.29, 0.717) is 13.0 Å². The van der Waals surface area contributed by atoms with E-state index in [1.165, 1.54) is 0 Å². The number of aliphatic carboxylic acids is 1. The molecule has 0 bridgehead atoms. The van der Waals surface area contributed by atoms with Crippen LogP contribution in [-0.4, -0.2) is 29.3 Å². The normalized spacial score (nSPS) is 14.0. The molecule has 0 radical (unpaired) electrons. The molecule has 0 aromatic heterocycles. The zero-order valence-corrected chi connectivity index (χ0v) is 9.25. The summed E-state index contributed by atoms with van der Waals surface area (Å²) < 4.78 is 5.57. The number of carbonyl (C=O) groups is 1. The Bertz CT molecular complexity index is 170. The van der Waals surface area contributed by atoms with Crippen LogP contribution in [0.2, 0.25) is 0 Å². The van der Waals surface area contributed by atoms with E-state index in [1.54, 1.807) is 6.92 Å². The van der Waals surface area contributed by atoms with Crippen LogP contribution in [0.15, 0.2) is 0 Å². The minimum atomic E-state index is -0.910. The van der Waals surface area contributed by atoms with E-state index in [-0.39, 0.29) is 0 Å². The minimum Gasteiger partial charge on any atom is -0.479 e. The van der Waals surface area contributed by atoms with Crippen molar-refractivity contribution in [3.63, 3.8) is 0 Å². The van der Waals surface area contributed by atoms with Gasteiger partial charge in [-0.3, -0.25) is 0 Å². The average molecular weight is 203 g/mol. The predicted molar refractivity (Wildman–Crippen MR) is 55.2 cm³/mol. The molecule has 0 aliphatic rings. The molecule has 0 fully saturated rings. The molecule has 14 heavy (non-hydrogen) atoms. The minimum absolute atomic E-state index is 0.365. The standard InChI is InChI=1S/C10H21NO3/c1-4-8(9(12)13)14-10(5-2,6-3)7-11/h8H,4-7,11H2,1-3H3,(H,12,13). The quantitative estimate of drug-likeness (QED) is 0.655. The molecule has 4 heteroatoms. The van der Waals surface area contributed by atoms with Crippen molar-refractivity contribution in [1.29, 1.82) is 0 Å². The zero-order chi connectivity index (χ0) is 11.2. The maximum absolute atomic E-state index is 10.8. The summed E-state index contributed by atoms with van der Waals surface area (Å²) in [6, 6.07) is 0. The van der Waals surface area contributed by atoms with Crippen LogP contribution in [0.3, 0.4) is 0 Å².